The Morgan fingerprint density at radius 1 is 1.27 bits per heavy atom. The zero-order valence-corrected chi connectivity index (χ0v) is 6.96. The molecule has 58 valence electrons. The van der Waals surface area contributed by atoms with Crippen molar-refractivity contribution < 1.29 is 0 Å². The molecule has 2 N–H and O–H groups in total. The molecule has 1 aromatic rings. The van der Waals surface area contributed by atoms with Gasteiger partial charge in [0.1, 0.15) is 0 Å². The molecule has 1 heteroatoms. The molecule has 0 heterocycles. The van der Waals surface area contributed by atoms with Crippen molar-refractivity contribution in [3.63, 3.8) is 0 Å². The molecule has 0 aliphatic carbocycles. The molecule has 0 fully saturated rings. The highest BCUT2D eigenvalue weighted by Crippen LogP contribution is 2.12. The smallest absolute Gasteiger partial charge is 0.0322 e. The van der Waals surface area contributed by atoms with Gasteiger partial charge in [-0.3, -0.25) is 0 Å². The second-order valence-electron chi connectivity index (χ2n) is 2.68. The minimum absolute atomic E-state index is 0.832. The van der Waals surface area contributed by atoms with E-state index in [1.807, 2.05) is 38.1 Å². The average Bonchev–Trinajstić information content (AvgIpc) is 1.85. The number of hydrogen-bond acceptors (Lipinski definition) is 1. The second-order valence-corrected chi connectivity index (χ2v) is 2.68. The normalized spacial score (nSPS) is 10.7. The third-order valence-electron chi connectivity index (χ3n) is 1.48. The van der Waals surface area contributed by atoms with E-state index in [9.17, 15) is 0 Å². The van der Waals surface area contributed by atoms with Gasteiger partial charge in [-0.2, -0.15) is 0 Å². The average molecular weight is 147 g/mol. The van der Waals surface area contributed by atoms with Gasteiger partial charge in [0.05, 0.1) is 0 Å². The highest BCUT2D eigenvalue weighted by molar-refractivity contribution is 5.57. The Balaban J connectivity index is 3.08. The number of nitrogen functional groups attached to an aromatic ring is 1. The van der Waals surface area contributed by atoms with Crippen LogP contribution in [-0.2, 0) is 0 Å². The van der Waals surface area contributed by atoms with E-state index in [4.69, 9.17) is 5.73 Å². The number of benzene rings is 1. The van der Waals surface area contributed by atoms with Gasteiger partial charge in [0, 0.05) is 5.69 Å². The first-order valence-electron chi connectivity index (χ1n) is 3.72. The Bertz CT molecular complexity index is 254. The molecular formula is C10H13N. The predicted molar refractivity (Wildman–Crippen MR) is 50.3 cm³/mol. The van der Waals surface area contributed by atoms with Gasteiger partial charge < -0.3 is 5.73 Å². The number of aryl methyl sites for hydroxylation is 1. The van der Waals surface area contributed by atoms with Crippen molar-refractivity contribution in [1.29, 1.82) is 0 Å². The molecule has 0 spiro atoms. The van der Waals surface area contributed by atoms with Crippen LogP contribution < -0.4 is 5.73 Å². The van der Waals surface area contributed by atoms with Gasteiger partial charge in [-0.25, -0.2) is 0 Å². The van der Waals surface area contributed by atoms with E-state index in [1.165, 1.54) is 11.1 Å². The lowest BCUT2D eigenvalue weighted by molar-refractivity contribution is 1.46. The highest BCUT2D eigenvalue weighted by Gasteiger charge is 1.90. The summed E-state index contributed by atoms with van der Waals surface area (Å²) in [6.07, 6.45) is 4.05. The van der Waals surface area contributed by atoms with Crippen molar-refractivity contribution in [2.24, 2.45) is 0 Å². The largest absolute Gasteiger partial charge is 0.399 e. The molecule has 0 bridgehead atoms. The van der Waals surface area contributed by atoms with Crippen molar-refractivity contribution in [2.45, 2.75) is 13.8 Å². The maximum absolute atomic E-state index is 5.66. The quantitative estimate of drug-likeness (QED) is 0.607. The molecule has 0 aliphatic heterocycles. The third kappa shape index (κ3) is 2.11. The minimum Gasteiger partial charge on any atom is -0.399 e. The van der Waals surface area contributed by atoms with E-state index >= 15 is 0 Å². The predicted octanol–water partition coefficient (Wildman–Crippen LogP) is 2.61. The van der Waals surface area contributed by atoms with Crippen LogP contribution in [0.3, 0.4) is 0 Å². The first-order valence-corrected chi connectivity index (χ1v) is 3.72. The standard InChI is InChI=1S/C10H13N/c1-3-4-9-5-8(2)6-10(11)7-9/h3-7H,11H2,1-2H3. The minimum atomic E-state index is 0.832. The van der Waals surface area contributed by atoms with Gasteiger partial charge in [0.2, 0.25) is 0 Å². The molecular weight excluding hydrogens is 134 g/mol. The molecule has 0 aromatic heterocycles. The Hall–Kier alpha value is -1.24. The molecule has 11 heavy (non-hydrogen) atoms. The Kier molecular flexibility index (Phi) is 2.32. The first kappa shape index (κ1) is 7.86. The summed E-state index contributed by atoms with van der Waals surface area (Å²) in [4.78, 5) is 0. The summed E-state index contributed by atoms with van der Waals surface area (Å²) in [5, 5.41) is 0. The topological polar surface area (TPSA) is 26.0 Å². The van der Waals surface area contributed by atoms with Gasteiger partial charge in [0.15, 0.2) is 0 Å². The zero-order chi connectivity index (χ0) is 8.27. The number of allylic oxidation sites excluding steroid dienone is 1. The number of rotatable bonds is 1. The molecule has 0 amide bonds. The summed E-state index contributed by atoms with van der Waals surface area (Å²) in [6, 6.07) is 6.04. The molecule has 0 atom stereocenters. The zero-order valence-electron chi connectivity index (χ0n) is 6.96. The van der Waals surface area contributed by atoms with Crippen LogP contribution >= 0.6 is 0 Å². The SMILES string of the molecule is CC=Cc1cc(C)cc(N)c1. The lowest BCUT2D eigenvalue weighted by atomic mass is 10.1. The lowest BCUT2D eigenvalue weighted by Crippen LogP contribution is -1.86. The van der Waals surface area contributed by atoms with Gasteiger partial charge in [-0.05, 0) is 37.1 Å². The monoisotopic (exact) mass is 147 g/mol. The summed E-state index contributed by atoms with van der Waals surface area (Å²) in [6.45, 7) is 4.04. The van der Waals surface area contributed by atoms with Crippen LogP contribution in [-0.4, -0.2) is 0 Å². The van der Waals surface area contributed by atoms with E-state index < -0.39 is 0 Å². The van der Waals surface area contributed by atoms with E-state index in [2.05, 4.69) is 6.07 Å². The van der Waals surface area contributed by atoms with E-state index in [-0.39, 0.29) is 0 Å². The molecule has 1 aromatic carbocycles. The summed E-state index contributed by atoms with van der Waals surface area (Å²) in [5.41, 5.74) is 8.87. The maximum atomic E-state index is 5.66. The third-order valence-corrected chi connectivity index (χ3v) is 1.48. The van der Waals surface area contributed by atoms with Crippen molar-refractivity contribution in [3.05, 3.63) is 35.4 Å². The van der Waals surface area contributed by atoms with E-state index in [0.717, 1.165) is 5.69 Å². The molecule has 1 rings (SSSR count). The number of anilines is 1. The second kappa shape index (κ2) is 3.24. The van der Waals surface area contributed by atoms with E-state index in [0.29, 0.717) is 0 Å². The molecule has 0 saturated heterocycles. The van der Waals surface area contributed by atoms with Crippen LogP contribution in [0.1, 0.15) is 18.1 Å². The fourth-order valence-electron chi connectivity index (χ4n) is 1.13. The molecule has 0 aliphatic rings. The Morgan fingerprint density at radius 2 is 2.00 bits per heavy atom. The van der Waals surface area contributed by atoms with Crippen molar-refractivity contribution in [3.8, 4) is 0 Å². The van der Waals surface area contributed by atoms with E-state index in [1.54, 1.807) is 0 Å². The summed E-state index contributed by atoms with van der Waals surface area (Å²) in [5.74, 6) is 0. The van der Waals surface area contributed by atoms with Crippen LogP contribution in [0.4, 0.5) is 5.69 Å². The van der Waals surface area contributed by atoms with Gasteiger partial charge >= 0.3 is 0 Å². The van der Waals surface area contributed by atoms with Crippen LogP contribution in [0.25, 0.3) is 6.08 Å². The Morgan fingerprint density at radius 3 is 2.55 bits per heavy atom. The van der Waals surface area contributed by atoms with Crippen molar-refractivity contribution in [2.75, 3.05) is 5.73 Å². The van der Waals surface area contributed by atoms with Gasteiger partial charge in [-0.15, -0.1) is 0 Å². The summed E-state index contributed by atoms with van der Waals surface area (Å²) in [7, 11) is 0. The first-order chi connectivity index (χ1) is 5.22. The lowest BCUT2D eigenvalue weighted by Gasteiger charge is -1.98. The molecule has 0 unspecified atom stereocenters. The molecule has 0 radical (unpaired) electrons. The van der Waals surface area contributed by atoms with Gasteiger partial charge in [0.25, 0.3) is 0 Å². The fourth-order valence-corrected chi connectivity index (χ4v) is 1.13. The highest BCUT2D eigenvalue weighted by atomic mass is 14.5. The Labute approximate surface area is 67.5 Å². The van der Waals surface area contributed by atoms with Crippen molar-refractivity contribution >= 4 is 11.8 Å². The fraction of sp³-hybridized carbons (Fsp3) is 0.200. The summed E-state index contributed by atoms with van der Waals surface area (Å²) < 4.78 is 0. The number of hydrogen-bond donors (Lipinski definition) is 1. The summed E-state index contributed by atoms with van der Waals surface area (Å²) >= 11 is 0. The van der Waals surface area contributed by atoms with Crippen LogP contribution in [0.15, 0.2) is 24.3 Å². The molecule has 1 nitrogen and oxygen atoms in total. The maximum Gasteiger partial charge on any atom is 0.0322 e. The van der Waals surface area contributed by atoms with Crippen LogP contribution in [0, 0.1) is 6.92 Å². The number of nitrogens with two attached hydrogens (primary N) is 1. The van der Waals surface area contributed by atoms with Crippen LogP contribution in [0.2, 0.25) is 0 Å². The van der Waals surface area contributed by atoms with Gasteiger partial charge in [-0.1, -0.05) is 18.2 Å². The van der Waals surface area contributed by atoms with Crippen molar-refractivity contribution in [1.82, 2.24) is 0 Å². The molecule has 0 saturated carbocycles. The van der Waals surface area contributed by atoms with Crippen LogP contribution in [0.5, 0.6) is 0 Å².